The summed E-state index contributed by atoms with van der Waals surface area (Å²) in [5.41, 5.74) is 8.21. The lowest BCUT2D eigenvalue weighted by molar-refractivity contribution is 0.0997. The molecule has 0 radical (unpaired) electrons. The number of hydrogen-bond donors (Lipinski definition) is 2. The van der Waals surface area contributed by atoms with Crippen LogP contribution in [0.5, 0.6) is 17.2 Å². The molecule has 124 valence electrons. The van der Waals surface area contributed by atoms with Crippen LogP contribution in [0.2, 0.25) is 0 Å². The van der Waals surface area contributed by atoms with E-state index in [1.165, 1.54) is 0 Å². The topological polar surface area (TPSA) is 86.6 Å². The fraction of sp³-hybridized carbons (Fsp3) is 0.167. The van der Waals surface area contributed by atoms with Gasteiger partial charge in [0.15, 0.2) is 11.5 Å². The van der Waals surface area contributed by atoms with Crippen LogP contribution in [-0.4, -0.2) is 32.2 Å². The smallest absolute Gasteiger partial charge is 0.265 e. The van der Waals surface area contributed by atoms with Crippen molar-refractivity contribution >= 4 is 16.8 Å². The first-order valence-electron chi connectivity index (χ1n) is 7.31. The van der Waals surface area contributed by atoms with Crippen LogP contribution < -0.4 is 19.9 Å². The summed E-state index contributed by atoms with van der Waals surface area (Å²) >= 11 is 0. The molecule has 0 unspecified atom stereocenters. The van der Waals surface area contributed by atoms with Gasteiger partial charge in [-0.05, 0) is 23.8 Å². The number of ether oxygens (including phenoxy) is 3. The van der Waals surface area contributed by atoms with Crippen LogP contribution in [0.1, 0.15) is 10.5 Å². The molecular weight excluding hydrogens is 308 g/mol. The highest BCUT2D eigenvalue weighted by Gasteiger charge is 2.19. The van der Waals surface area contributed by atoms with Gasteiger partial charge in [-0.1, -0.05) is 12.1 Å². The van der Waals surface area contributed by atoms with Gasteiger partial charge in [0.2, 0.25) is 0 Å². The molecule has 3 N–H and O–H groups in total. The second kappa shape index (κ2) is 6.16. The number of primary amides is 1. The fourth-order valence-electron chi connectivity index (χ4n) is 2.76. The summed E-state index contributed by atoms with van der Waals surface area (Å²) < 4.78 is 15.9. The summed E-state index contributed by atoms with van der Waals surface area (Å²) in [6.45, 7) is 0. The maximum absolute atomic E-state index is 11.9. The van der Waals surface area contributed by atoms with Gasteiger partial charge in [-0.3, -0.25) is 4.79 Å². The van der Waals surface area contributed by atoms with Crippen LogP contribution >= 0.6 is 0 Å². The fourth-order valence-corrected chi connectivity index (χ4v) is 2.76. The monoisotopic (exact) mass is 326 g/mol. The highest BCUT2D eigenvalue weighted by Crippen LogP contribution is 2.39. The highest BCUT2D eigenvalue weighted by atomic mass is 16.5. The Morgan fingerprint density at radius 3 is 2.12 bits per heavy atom. The Morgan fingerprint density at radius 1 is 0.958 bits per heavy atom. The maximum atomic E-state index is 11.9. The average Bonchev–Trinajstić information content (AvgIpc) is 2.99. The molecule has 0 fully saturated rings. The number of carbonyl (C=O) groups is 1. The van der Waals surface area contributed by atoms with Gasteiger partial charge in [-0.2, -0.15) is 0 Å². The molecule has 0 atom stereocenters. The van der Waals surface area contributed by atoms with Crippen molar-refractivity contribution in [1.29, 1.82) is 0 Å². The zero-order chi connectivity index (χ0) is 17.3. The molecule has 0 spiro atoms. The number of carbonyl (C=O) groups excluding carboxylic acids is 1. The van der Waals surface area contributed by atoms with E-state index in [0.29, 0.717) is 17.2 Å². The van der Waals surface area contributed by atoms with Crippen molar-refractivity contribution in [2.45, 2.75) is 0 Å². The molecule has 0 saturated heterocycles. The lowest BCUT2D eigenvalue weighted by Gasteiger charge is -2.08. The normalized spacial score (nSPS) is 10.6. The van der Waals surface area contributed by atoms with Crippen LogP contribution in [0, 0.1) is 0 Å². The van der Waals surface area contributed by atoms with E-state index >= 15 is 0 Å². The minimum atomic E-state index is -0.532. The van der Waals surface area contributed by atoms with Gasteiger partial charge in [0.25, 0.3) is 5.91 Å². The number of nitrogens with two attached hydrogens (primary N) is 1. The summed E-state index contributed by atoms with van der Waals surface area (Å²) in [6, 6.07) is 11.0. The van der Waals surface area contributed by atoms with Crippen molar-refractivity contribution in [2.24, 2.45) is 5.73 Å². The first-order chi connectivity index (χ1) is 11.6. The van der Waals surface area contributed by atoms with Crippen LogP contribution in [0.4, 0.5) is 0 Å². The van der Waals surface area contributed by atoms with E-state index in [0.717, 1.165) is 27.8 Å². The van der Waals surface area contributed by atoms with Crippen molar-refractivity contribution in [3.05, 3.63) is 42.1 Å². The van der Waals surface area contributed by atoms with E-state index in [-0.39, 0.29) is 0 Å². The molecule has 0 saturated carbocycles. The number of amides is 1. The Labute approximate surface area is 139 Å². The number of hydrogen-bond acceptors (Lipinski definition) is 4. The number of fused-ring (bicyclic) bond motifs is 1. The van der Waals surface area contributed by atoms with E-state index in [9.17, 15) is 4.79 Å². The standard InChI is InChI=1S/C18H18N2O4/c1-22-11-6-4-10(5-7-11)16-12-8-14(23-2)15(24-3)9-13(12)20-17(16)18(19)21/h4-9,20H,1-3H3,(H2,19,21). The zero-order valence-corrected chi connectivity index (χ0v) is 13.7. The molecule has 6 nitrogen and oxygen atoms in total. The van der Waals surface area contributed by atoms with Gasteiger partial charge >= 0.3 is 0 Å². The van der Waals surface area contributed by atoms with Crippen LogP contribution in [0.25, 0.3) is 22.0 Å². The molecule has 3 aromatic rings. The number of nitrogens with one attached hydrogen (secondary N) is 1. The van der Waals surface area contributed by atoms with Crippen molar-refractivity contribution in [1.82, 2.24) is 4.98 Å². The zero-order valence-electron chi connectivity index (χ0n) is 13.7. The van der Waals surface area contributed by atoms with E-state index in [2.05, 4.69) is 4.98 Å². The molecule has 1 aromatic heterocycles. The third-order valence-corrected chi connectivity index (χ3v) is 3.93. The molecule has 0 aliphatic rings. The van der Waals surface area contributed by atoms with Gasteiger partial charge in [-0.25, -0.2) is 0 Å². The Kier molecular flexibility index (Phi) is 4.04. The summed E-state index contributed by atoms with van der Waals surface area (Å²) in [7, 11) is 4.73. The van der Waals surface area contributed by atoms with E-state index < -0.39 is 5.91 Å². The Bertz CT molecular complexity index is 898. The highest BCUT2D eigenvalue weighted by molar-refractivity contribution is 6.09. The van der Waals surface area contributed by atoms with E-state index in [1.807, 2.05) is 30.3 Å². The van der Waals surface area contributed by atoms with Gasteiger partial charge < -0.3 is 24.9 Å². The molecule has 0 bridgehead atoms. The number of benzene rings is 2. The minimum absolute atomic E-state index is 0.338. The maximum Gasteiger partial charge on any atom is 0.265 e. The van der Waals surface area contributed by atoms with Gasteiger partial charge in [0.1, 0.15) is 11.4 Å². The molecule has 0 aliphatic heterocycles. The van der Waals surface area contributed by atoms with Gasteiger partial charge in [-0.15, -0.1) is 0 Å². The lowest BCUT2D eigenvalue weighted by atomic mass is 10.0. The summed E-state index contributed by atoms with van der Waals surface area (Å²) in [6.07, 6.45) is 0. The number of rotatable bonds is 5. The molecular formula is C18H18N2O4. The van der Waals surface area contributed by atoms with Crippen molar-refractivity contribution in [2.75, 3.05) is 21.3 Å². The number of methoxy groups -OCH3 is 3. The third kappa shape index (κ3) is 2.52. The predicted molar refractivity (Wildman–Crippen MR) is 91.9 cm³/mol. The Balaban J connectivity index is 2.30. The molecule has 0 aliphatic carbocycles. The van der Waals surface area contributed by atoms with Crippen LogP contribution in [0.15, 0.2) is 36.4 Å². The second-order valence-electron chi connectivity index (χ2n) is 5.22. The van der Waals surface area contributed by atoms with Crippen molar-refractivity contribution in [3.63, 3.8) is 0 Å². The van der Waals surface area contributed by atoms with Crippen LogP contribution in [-0.2, 0) is 0 Å². The molecule has 3 rings (SSSR count). The van der Waals surface area contributed by atoms with E-state index in [1.54, 1.807) is 27.4 Å². The predicted octanol–water partition coefficient (Wildman–Crippen LogP) is 2.96. The summed E-state index contributed by atoms with van der Waals surface area (Å²) in [5, 5.41) is 0.826. The van der Waals surface area contributed by atoms with Crippen molar-refractivity contribution in [3.8, 4) is 28.4 Å². The Hall–Kier alpha value is -3.15. The first-order valence-corrected chi connectivity index (χ1v) is 7.31. The minimum Gasteiger partial charge on any atom is -0.497 e. The lowest BCUT2D eigenvalue weighted by Crippen LogP contribution is -2.12. The average molecular weight is 326 g/mol. The molecule has 24 heavy (non-hydrogen) atoms. The molecule has 1 heterocycles. The molecule has 2 aromatic carbocycles. The number of aromatic nitrogens is 1. The Morgan fingerprint density at radius 2 is 1.58 bits per heavy atom. The van der Waals surface area contributed by atoms with Crippen LogP contribution in [0.3, 0.4) is 0 Å². The summed E-state index contributed by atoms with van der Waals surface area (Å²) in [5.74, 6) is 1.35. The summed E-state index contributed by atoms with van der Waals surface area (Å²) in [4.78, 5) is 15.0. The van der Waals surface area contributed by atoms with Gasteiger partial charge in [0.05, 0.1) is 26.8 Å². The largest absolute Gasteiger partial charge is 0.497 e. The van der Waals surface area contributed by atoms with Gasteiger partial charge in [0, 0.05) is 17.0 Å². The first kappa shape index (κ1) is 15.7. The number of H-pyrrole nitrogens is 1. The molecule has 6 heteroatoms. The number of aromatic amines is 1. The van der Waals surface area contributed by atoms with Crippen molar-refractivity contribution < 1.29 is 19.0 Å². The second-order valence-corrected chi connectivity index (χ2v) is 5.22. The SMILES string of the molecule is COc1ccc(-c2c(C(N)=O)[nH]c3cc(OC)c(OC)cc23)cc1. The quantitative estimate of drug-likeness (QED) is 0.754. The van der Waals surface area contributed by atoms with E-state index in [4.69, 9.17) is 19.9 Å². The molecule has 1 amide bonds. The third-order valence-electron chi connectivity index (χ3n) is 3.93.